The van der Waals surface area contributed by atoms with Crippen LogP contribution >= 0.6 is 23.4 Å². The number of halogens is 1. The Morgan fingerprint density at radius 2 is 2.31 bits per heavy atom. The minimum Gasteiger partial charge on any atom is -0.376 e. The van der Waals surface area contributed by atoms with Crippen LogP contribution in [0.15, 0.2) is 24.3 Å². The van der Waals surface area contributed by atoms with Crippen LogP contribution in [0.1, 0.15) is 13.3 Å². The molecule has 0 amide bonds. The molecule has 1 fully saturated rings. The molecule has 1 aliphatic rings. The Balaban J connectivity index is 2.16. The lowest BCUT2D eigenvalue weighted by Crippen LogP contribution is -2.46. The number of hydrogen-bond donors (Lipinski definition) is 2. The van der Waals surface area contributed by atoms with Gasteiger partial charge in [0.1, 0.15) is 0 Å². The van der Waals surface area contributed by atoms with Gasteiger partial charge in [-0.05, 0) is 18.6 Å². The normalized spacial score (nSPS) is 29.3. The van der Waals surface area contributed by atoms with E-state index in [-0.39, 0.29) is 5.54 Å². The molecule has 88 valence electrons. The number of thioether (sulfide) groups is 1. The van der Waals surface area contributed by atoms with Crippen molar-refractivity contribution in [2.75, 3.05) is 17.6 Å². The largest absolute Gasteiger partial charge is 0.376 e. The Kier molecular flexibility index (Phi) is 3.67. The van der Waals surface area contributed by atoms with E-state index in [4.69, 9.17) is 17.3 Å². The average Bonchev–Trinajstić information content (AvgIpc) is 2.65. The summed E-state index contributed by atoms with van der Waals surface area (Å²) in [6.07, 6.45) is 1.10. The lowest BCUT2D eigenvalue weighted by atomic mass is 9.96. The van der Waals surface area contributed by atoms with E-state index < -0.39 is 0 Å². The molecule has 1 aliphatic heterocycles. The van der Waals surface area contributed by atoms with E-state index in [2.05, 4.69) is 12.2 Å². The van der Waals surface area contributed by atoms with Gasteiger partial charge in [0.15, 0.2) is 0 Å². The number of para-hydroxylation sites is 1. The van der Waals surface area contributed by atoms with Gasteiger partial charge in [0.05, 0.1) is 16.2 Å². The Morgan fingerprint density at radius 1 is 1.56 bits per heavy atom. The van der Waals surface area contributed by atoms with E-state index in [0.717, 1.165) is 22.9 Å². The molecule has 3 N–H and O–H groups in total. The predicted molar refractivity (Wildman–Crippen MR) is 73.4 cm³/mol. The van der Waals surface area contributed by atoms with Crippen molar-refractivity contribution in [3.63, 3.8) is 0 Å². The number of anilines is 1. The average molecular weight is 257 g/mol. The van der Waals surface area contributed by atoms with E-state index in [1.54, 1.807) is 0 Å². The molecule has 0 aromatic heterocycles. The summed E-state index contributed by atoms with van der Waals surface area (Å²) < 4.78 is 0. The lowest BCUT2D eigenvalue weighted by molar-refractivity contribution is 0.513. The third-order valence-electron chi connectivity index (χ3n) is 2.99. The lowest BCUT2D eigenvalue weighted by Gasteiger charge is -2.30. The highest BCUT2D eigenvalue weighted by molar-refractivity contribution is 8.00. The second-order valence-corrected chi connectivity index (χ2v) is 6.25. The maximum absolute atomic E-state index is 6.15. The molecule has 0 saturated carbocycles. The SMILES string of the molecule is CC1CC(CN)(Nc2ccccc2Cl)CS1. The fourth-order valence-electron chi connectivity index (χ4n) is 2.10. The van der Waals surface area contributed by atoms with Crippen molar-refractivity contribution in [3.8, 4) is 0 Å². The molecule has 2 nitrogen and oxygen atoms in total. The molecule has 1 aromatic rings. The summed E-state index contributed by atoms with van der Waals surface area (Å²) in [5.41, 5.74) is 6.91. The molecule has 0 radical (unpaired) electrons. The molecule has 2 rings (SSSR count). The molecule has 1 saturated heterocycles. The first kappa shape index (κ1) is 12.1. The van der Waals surface area contributed by atoms with E-state index in [1.165, 1.54) is 0 Å². The quantitative estimate of drug-likeness (QED) is 0.873. The molecular formula is C12H17ClN2S. The highest BCUT2D eigenvalue weighted by Gasteiger charge is 2.37. The van der Waals surface area contributed by atoms with Gasteiger partial charge >= 0.3 is 0 Å². The summed E-state index contributed by atoms with van der Waals surface area (Å²) >= 11 is 8.12. The molecule has 4 heteroatoms. The van der Waals surface area contributed by atoms with Crippen molar-refractivity contribution >= 4 is 29.1 Å². The van der Waals surface area contributed by atoms with Gasteiger partial charge in [-0.2, -0.15) is 11.8 Å². The van der Waals surface area contributed by atoms with Gasteiger partial charge in [0.25, 0.3) is 0 Å². The molecule has 2 unspecified atom stereocenters. The molecule has 16 heavy (non-hydrogen) atoms. The van der Waals surface area contributed by atoms with Crippen molar-refractivity contribution in [2.24, 2.45) is 5.73 Å². The molecule has 1 heterocycles. The topological polar surface area (TPSA) is 38.0 Å². The van der Waals surface area contributed by atoms with Crippen molar-refractivity contribution in [3.05, 3.63) is 29.3 Å². The van der Waals surface area contributed by atoms with E-state index >= 15 is 0 Å². The summed E-state index contributed by atoms with van der Waals surface area (Å²) in [6.45, 7) is 2.89. The Labute approximate surface area is 106 Å². The van der Waals surface area contributed by atoms with Gasteiger partial charge in [0.2, 0.25) is 0 Å². The van der Waals surface area contributed by atoms with E-state index in [9.17, 15) is 0 Å². The van der Waals surface area contributed by atoms with Gasteiger partial charge < -0.3 is 11.1 Å². The summed E-state index contributed by atoms with van der Waals surface area (Å²) in [6, 6.07) is 7.84. The fourth-order valence-corrected chi connectivity index (χ4v) is 3.63. The third-order valence-corrected chi connectivity index (χ3v) is 4.77. The molecule has 0 aliphatic carbocycles. The second-order valence-electron chi connectivity index (χ2n) is 4.42. The number of benzene rings is 1. The van der Waals surface area contributed by atoms with Crippen molar-refractivity contribution in [1.82, 2.24) is 0 Å². The highest BCUT2D eigenvalue weighted by atomic mass is 35.5. The Bertz CT molecular complexity index is 372. The van der Waals surface area contributed by atoms with Gasteiger partial charge in [-0.1, -0.05) is 30.7 Å². The zero-order chi connectivity index (χ0) is 11.6. The van der Waals surface area contributed by atoms with Crippen LogP contribution in [0.2, 0.25) is 5.02 Å². The van der Waals surface area contributed by atoms with Crippen LogP contribution in [0.5, 0.6) is 0 Å². The molecule has 0 spiro atoms. The zero-order valence-corrected chi connectivity index (χ0v) is 10.9. The van der Waals surface area contributed by atoms with Crippen LogP contribution in [-0.2, 0) is 0 Å². The van der Waals surface area contributed by atoms with Gasteiger partial charge in [0, 0.05) is 17.5 Å². The molecular weight excluding hydrogens is 240 g/mol. The first-order valence-corrected chi connectivity index (χ1v) is 6.92. The molecule has 0 bridgehead atoms. The smallest absolute Gasteiger partial charge is 0.0637 e. The number of nitrogens with one attached hydrogen (secondary N) is 1. The van der Waals surface area contributed by atoms with E-state index in [0.29, 0.717) is 11.8 Å². The Morgan fingerprint density at radius 3 is 2.88 bits per heavy atom. The zero-order valence-electron chi connectivity index (χ0n) is 9.37. The van der Waals surface area contributed by atoms with Crippen LogP contribution in [-0.4, -0.2) is 23.1 Å². The van der Waals surface area contributed by atoms with Gasteiger partial charge in [-0.25, -0.2) is 0 Å². The van der Waals surface area contributed by atoms with Crippen LogP contribution in [0, 0.1) is 0 Å². The van der Waals surface area contributed by atoms with Crippen molar-refractivity contribution < 1.29 is 0 Å². The van der Waals surface area contributed by atoms with Crippen molar-refractivity contribution in [2.45, 2.75) is 24.1 Å². The van der Waals surface area contributed by atoms with Crippen LogP contribution in [0.3, 0.4) is 0 Å². The molecule has 1 aromatic carbocycles. The van der Waals surface area contributed by atoms with Gasteiger partial charge in [-0.3, -0.25) is 0 Å². The summed E-state index contributed by atoms with van der Waals surface area (Å²) in [5.74, 6) is 1.05. The third kappa shape index (κ3) is 2.47. The maximum atomic E-state index is 6.15. The monoisotopic (exact) mass is 256 g/mol. The van der Waals surface area contributed by atoms with E-state index in [1.807, 2.05) is 36.0 Å². The van der Waals surface area contributed by atoms with Gasteiger partial charge in [-0.15, -0.1) is 0 Å². The minimum atomic E-state index is 0.00900. The summed E-state index contributed by atoms with van der Waals surface area (Å²) in [7, 11) is 0. The maximum Gasteiger partial charge on any atom is 0.0637 e. The number of hydrogen-bond acceptors (Lipinski definition) is 3. The second kappa shape index (κ2) is 4.86. The van der Waals surface area contributed by atoms with Crippen LogP contribution < -0.4 is 11.1 Å². The van der Waals surface area contributed by atoms with Crippen molar-refractivity contribution in [1.29, 1.82) is 0 Å². The predicted octanol–water partition coefficient (Wildman–Crippen LogP) is 2.97. The summed E-state index contributed by atoms with van der Waals surface area (Å²) in [4.78, 5) is 0. The van der Waals surface area contributed by atoms with Crippen LogP contribution in [0.25, 0.3) is 0 Å². The number of nitrogens with two attached hydrogens (primary N) is 1. The fraction of sp³-hybridized carbons (Fsp3) is 0.500. The first-order valence-electron chi connectivity index (χ1n) is 5.50. The Hall–Kier alpha value is -0.380. The number of rotatable bonds is 3. The summed E-state index contributed by atoms with van der Waals surface area (Å²) in [5, 5.41) is 4.95. The highest BCUT2D eigenvalue weighted by Crippen LogP contribution is 2.37. The standard InChI is InChI=1S/C12H17ClN2S/c1-9-6-12(7-14,8-16-9)15-11-5-3-2-4-10(11)13/h2-5,9,15H,6-8,14H2,1H3. The van der Waals surface area contributed by atoms with Crippen LogP contribution in [0.4, 0.5) is 5.69 Å². The first-order chi connectivity index (χ1) is 7.65. The minimum absolute atomic E-state index is 0.00900. The molecule has 2 atom stereocenters.